The minimum atomic E-state index is -4.18. The van der Waals surface area contributed by atoms with Gasteiger partial charge in [0.25, 0.3) is 0 Å². The number of fused-ring (bicyclic) bond motifs is 1. The molecule has 142 valence electrons. The molecule has 7 nitrogen and oxygen atoms in total. The fourth-order valence-corrected chi connectivity index (χ4v) is 3.93. The molecule has 0 spiro atoms. The average Bonchev–Trinajstić information content (AvgIpc) is 3.12. The summed E-state index contributed by atoms with van der Waals surface area (Å²) in [5.41, 5.74) is 1.48. The molecule has 4 rings (SSSR count). The largest absolute Gasteiger partial charge is 0.495 e. The van der Waals surface area contributed by atoms with Crippen molar-refractivity contribution in [2.24, 2.45) is 0 Å². The number of methoxy groups -OCH3 is 1. The second-order valence-electron chi connectivity index (χ2n) is 5.70. The summed E-state index contributed by atoms with van der Waals surface area (Å²) < 4.78 is 41.4. The second-order valence-corrected chi connectivity index (χ2v) is 7.65. The van der Waals surface area contributed by atoms with E-state index in [1.807, 2.05) is 6.07 Å². The number of aromatic nitrogens is 2. The number of hydrogen-bond acceptors (Lipinski definition) is 7. The first-order valence-corrected chi connectivity index (χ1v) is 9.85. The van der Waals surface area contributed by atoms with Crippen LogP contribution in [0.25, 0.3) is 22.7 Å². The van der Waals surface area contributed by atoms with Gasteiger partial charge in [0.2, 0.25) is 5.89 Å². The third-order valence-corrected chi connectivity index (χ3v) is 5.35. The molecule has 2 aromatic heterocycles. The van der Waals surface area contributed by atoms with Crippen molar-refractivity contribution in [3.63, 3.8) is 0 Å². The summed E-state index contributed by atoms with van der Waals surface area (Å²) in [6, 6.07) is 14.1. The van der Waals surface area contributed by atoms with Crippen molar-refractivity contribution in [3.05, 3.63) is 65.8 Å². The van der Waals surface area contributed by atoms with E-state index in [4.69, 9.17) is 24.9 Å². The van der Waals surface area contributed by atoms with Gasteiger partial charge in [-0.05, 0) is 42.5 Å². The fraction of sp³-hybridized carbons (Fsp3) is 0.0526. The molecule has 28 heavy (non-hydrogen) atoms. The van der Waals surface area contributed by atoms with Crippen LogP contribution in [0.15, 0.2) is 70.1 Å². The van der Waals surface area contributed by atoms with Crippen LogP contribution in [0.3, 0.4) is 0 Å². The third-order valence-electron chi connectivity index (χ3n) is 3.84. The maximum Gasteiger partial charge on any atom is 0.342 e. The van der Waals surface area contributed by atoms with Crippen molar-refractivity contribution in [2.45, 2.75) is 4.90 Å². The lowest BCUT2D eigenvalue weighted by Crippen LogP contribution is -2.11. The Morgan fingerprint density at radius 3 is 2.68 bits per heavy atom. The van der Waals surface area contributed by atoms with Crippen molar-refractivity contribution in [3.8, 4) is 23.1 Å². The molecule has 0 saturated heterocycles. The van der Waals surface area contributed by atoms with Crippen LogP contribution in [0.5, 0.6) is 11.5 Å². The number of nitrogens with zero attached hydrogens (tertiary/aromatic N) is 2. The second kappa shape index (κ2) is 7.14. The fourth-order valence-electron chi connectivity index (χ4n) is 2.57. The van der Waals surface area contributed by atoms with Crippen LogP contribution in [-0.4, -0.2) is 25.5 Å². The smallest absolute Gasteiger partial charge is 0.342 e. The van der Waals surface area contributed by atoms with Crippen LogP contribution >= 0.6 is 11.6 Å². The topological polar surface area (TPSA) is 91.5 Å². The van der Waals surface area contributed by atoms with Gasteiger partial charge in [0.15, 0.2) is 5.58 Å². The highest BCUT2D eigenvalue weighted by Crippen LogP contribution is 2.31. The van der Waals surface area contributed by atoms with Gasteiger partial charge in [-0.2, -0.15) is 8.42 Å². The van der Waals surface area contributed by atoms with Gasteiger partial charge in [-0.15, -0.1) is 0 Å². The molecule has 0 saturated carbocycles. The Labute approximate surface area is 165 Å². The zero-order chi connectivity index (χ0) is 19.7. The highest BCUT2D eigenvalue weighted by atomic mass is 35.5. The Morgan fingerprint density at radius 2 is 1.93 bits per heavy atom. The summed E-state index contributed by atoms with van der Waals surface area (Å²) in [5, 5.41) is 0.244. The van der Waals surface area contributed by atoms with Crippen molar-refractivity contribution in [1.82, 2.24) is 9.97 Å². The molecule has 0 bridgehead atoms. The van der Waals surface area contributed by atoms with Gasteiger partial charge in [-0.1, -0.05) is 17.7 Å². The van der Waals surface area contributed by atoms with Crippen LogP contribution in [0.2, 0.25) is 5.02 Å². The molecule has 9 heteroatoms. The van der Waals surface area contributed by atoms with Crippen molar-refractivity contribution >= 4 is 32.8 Å². The Morgan fingerprint density at radius 1 is 1.07 bits per heavy atom. The Bertz CT molecular complexity index is 1260. The lowest BCUT2D eigenvalue weighted by atomic mass is 10.3. The molecule has 0 aliphatic heterocycles. The number of oxazole rings is 1. The van der Waals surface area contributed by atoms with Gasteiger partial charge in [-0.25, -0.2) is 4.98 Å². The number of hydrogen-bond donors (Lipinski definition) is 0. The van der Waals surface area contributed by atoms with E-state index in [0.717, 1.165) is 0 Å². The molecule has 0 fully saturated rings. The summed E-state index contributed by atoms with van der Waals surface area (Å²) in [5.74, 6) is 0.521. The molecular weight excluding hydrogens is 404 g/mol. The van der Waals surface area contributed by atoms with Gasteiger partial charge in [-0.3, -0.25) is 4.98 Å². The predicted octanol–water partition coefficient (Wildman–Crippen LogP) is 4.32. The van der Waals surface area contributed by atoms with Crippen LogP contribution in [0.4, 0.5) is 0 Å². The van der Waals surface area contributed by atoms with Crippen molar-refractivity contribution in [1.29, 1.82) is 0 Å². The van der Waals surface area contributed by atoms with Gasteiger partial charge in [0.1, 0.15) is 27.6 Å². The van der Waals surface area contributed by atoms with Gasteiger partial charge >= 0.3 is 10.1 Å². The molecule has 4 aromatic rings. The Kier molecular flexibility index (Phi) is 4.66. The maximum absolute atomic E-state index is 12.7. The highest BCUT2D eigenvalue weighted by Gasteiger charge is 2.23. The van der Waals surface area contributed by atoms with Crippen LogP contribution in [0.1, 0.15) is 0 Å². The van der Waals surface area contributed by atoms with E-state index in [1.54, 1.807) is 24.4 Å². The minimum Gasteiger partial charge on any atom is -0.495 e. The molecule has 0 aliphatic rings. The molecule has 0 radical (unpaired) electrons. The van der Waals surface area contributed by atoms with Gasteiger partial charge in [0.05, 0.1) is 7.11 Å². The van der Waals surface area contributed by atoms with E-state index in [-0.39, 0.29) is 21.4 Å². The van der Waals surface area contributed by atoms with E-state index in [9.17, 15) is 8.42 Å². The standard InChI is InChI=1S/C19H13ClN2O5S/c1-25-16-8-5-12(20)10-18(16)28(23,24)27-13-6-7-14-17(11-13)26-19(22-14)15-4-2-3-9-21-15/h2-11H,1H3. The van der Waals surface area contributed by atoms with Crippen molar-refractivity contribution < 1.29 is 21.8 Å². The SMILES string of the molecule is COc1ccc(Cl)cc1S(=O)(=O)Oc1ccc2nc(-c3ccccn3)oc2c1. The third kappa shape index (κ3) is 3.51. The number of pyridine rings is 1. The summed E-state index contributed by atoms with van der Waals surface area (Å²) in [4.78, 5) is 8.36. The zero-order valence-corrected chi connectivity index (χ0v) is 16.1. The summed E-state index contributed by atoms with van der Waals surface area (Å²) in [6.45, 7) is 0. The molecule has 0 N–H and O–H groups in total. The number of halogens is 1. The first-order chi connectivity index (χ1) is 13.5. The Balaban J connectivity index is 1.69. The quantitative estimate of drug-likeness (QED) is 0.447. The average molecular weight is 417 g/mol. The zero-order valence-electron chi connectivity index (χ0n) is 14.5. The van der Waals surface area contributed by atoms with Crippen LogP contribution in [-0.2, 0) is 10.1 Å². The highest BCUT2D eigenvalue weighted by molar-refractivity contribution is 7.87. The minimum absolute atomic E-state index is 0.0678. The summed E-state index contributed by atoms with van der Waals surface area (Å²) in [7, 11) is -2.81. The number of ether oxygens (including phenoxy) is 1. The summed E-state index contributed by atoms with van der Waals surface area (Å²) in [6.07, 6.45) is 1.63. The molecule has 2 heterocycles. The van der Waals surface area contributed by atoms with Crippen LogP contribution < -0.4 is 8.92 Å². The van der Waals surface area contributed by atoms with E-state index in [0.29, 0.717) is 22.7 Å². The lowest BCUT2D eigenvalue weighted by molar-refractivity contribution is 0.398. The number of benzene rings is 2. The molecule has 2 aromatic carbocycles. The lowest BCUT2D eigenvalue weighted by Gasteiger charge is -2.10. The van der Waals surface area contributed by atoms with Gasteiger partial charge < -0.3 is 13.3 Å². The predicted molar refractivity (Wildman–Crippen MR) is 103 cm³/mol. The Hall–Kier alpha value is -3.10. The molecule has 0 amide bonds. The monoisotopic (exact) mass is 416 g/mol. The molecule has 0 aliphatic carbocycles. The first-order valence-electron chi connectivity index (χ1n) is 8.06. The molecular formula is C19H13ClN2O5S. The maximum atomic E-state index is 12.7. The normalized spacial score (nSPS) is 11.5. The van der Waals surface area contributed by atoms with E-state index < -0.39 is 10.1 Å². The number of rotatable bonds is 5. The summed E-state index contributed by atoms with van der Waals surface area (Å²) >= 11 is 5.92. The van der Waals surface area contributed by atoms with Crippen LogP contribution in [0, 0.1) is 0 Å². The van der Waals surface area contributed by atoms with E-state index in [2.05, 4.69) is 9.97 Å². The molecule has 0 atom stereocenters. The van der Waals surface area contributed by atoms with E-state index >= 15 is 0 Å². The van der Waals surface area contributed by atoms with Crippen molar-refractivity contribution in [2.75, 3.05) is 7.11 Å². The first kappa shape index (κ1) is 18.3. The van der Waals surface area contributed by atoms with E-state index in [1.165, 1.54) is 37.4 Å². The molecule has 0 unspecified atom stereocenters. The van der Waals surface area contributed by atoms with Gasteiger partial charge in [0, 0.05) is 17.3 Å².